The average molecular weight is 219 g/mol. The summed E-state index contributed by atoms with van der Waals surface area (Å²) in [5.41, 5.74) is 0. The van der Waals surface area contributed by atoms with E-state index in [2.05, 4.69) is 9.80 Å². The second-order valence-corrected chi connectivity index (χ2v) is 4.68. The molecule has 1 saturated carbocycles. The van der Waals surface area contributed by atoms with Crippen LogP contribution in [0, 0.1) is 0 Å². The van der Waals surface area contributed by atoms with E-state index in [9.17, 15) is 5.11 Å². The highest BCUT2D eigenvalue weighted by Gasteiger charge is 2.31. The fraction of sp³-hybridized carbons (Fsp3) is 1.00. The van der Waals surface area contributed by atoms with E-state index in [1.807, 2.05) is 0 Å². The summed E-state index contributed by atoms with van der Waals surface area (Å²) in [5.74, 6) is 0.350. The van der Waals surface area contributed by atoms with Crippen LogP contribution in [-0.4, -0.2) is 65.7 Å². The van der Waals surface area contributed by atoms with Crippen molar-refractivity contribution in [3.05, 3.63) is 0 Å². The van der Waals surface area contributed by atoms with Gasteiger partial charge in [-0.2, -0.15) is 0 Å². The predicted octanol–water partition coefficient (Wildman–Crippen LogP) is 0.366. The SMILES string of the molecule is OC(CCl)CN1CCN(C2CC2)CC1. The van der Waals surface area contributed by atoms with Crippen LogP contribution >= 0.6 is 11.6 Å². The van der Waals surface area contributed by atoms with Gasteiger partial charge in [-0.25, -0.2) is 0 Å². The number of alkyl halides is 1. The zero-order valence-corrected chi connectivity index (χ0v) is 9.29. The van der Waals surface area contributed by atoms with Crippen molar-refractivity contribution in [2.45, 2.75) is 25.0 Å². The second-order valence-electron chi connectivity index (χ2n) is 4.38. The minimum Gasteiger partial charge on any atom is -0.391 e. The zero-order valence-electron chi connectivity index (χ0n) is 8.53. The minimum absolute atomic E-state index is 0.350. The van der Waals surface area contributed by atoms with Crippen molar-refractivity contribution < 1.29 is 5.11 Å². The molecule has 0 radical (unpaired) electrons. The molecule has 0 aromatic heterocycles. The molecule has 1 aliphatic heterocycles. The lowest BCUT2D eigenvalue weighted by Crippen LogP contribution is -2.49. The van der Waals surface area contributed by atoms with Gasteiger partial charge in [-0.3, -0.25) is 9.80 Å². The first-order valence-corrected chi connectivity index (χ1v) is 6.03. The van der Waals surface area contributed by atoms with Crippen LogP contribution < -0.4 is 0 Å². The molecule has 14 heavy (non-hydrogen) atoms. The molecule has 1 unspecified atom stereocenters. The quantitative estimate of drug-likeness (QED) is 0.691. The van der Waals surface area contributed by atoms with Gasteiger partial charge < -0.3 is 5.11 Å². The molecule has 1 N–H and O–H groups in total. The Labute approximate surface area is 90.6 Å². The molecular formula is C10H19ClN2O. The van der Waals surface area contributed by atoms with Crippen molar-refractivity contribution in [1.82, 2.24) is 9.80 Å². The number of nitrogens with zero attached hydrogens (tertiary/aromatic N) is 2. The van der Waals surface area contributed by atoms with Crippen LogP contribution in [0.5, 0.6) is 0 Å². The van der Waals surface area contributed by atoms with Gasteiger partial charge in [0.2, 0.25) is 0 Å². The number of halogens is 1. The van der Waals surface area contributed by atoms with Gasteiger partial charge in [0.05, 0.1) is 6.10 Å². The van der Waals surface area contributed by atoms with Crippen molar-refractivity contribution in [2.24, 2.45) is 0 Å². The Hall–Kier alpha value is 0.170. The van der Waals surface area contributed by atoms with Crippen molar-refractivity contribution >= 4 is 11.6 Å². The summed E-state index contributed by atoms with van der Waals surface area (Å²) in [5, 5.41) is 9.41. The van der Waals surface area contributed by atoms with Gasteiger partial charge in [0.15, 0.2) is 0 Å². The van der Waals surface area contributed by atoms with Crippen LogP contribution in [0.2, 0.25) is 0 Å². The highest BCUT2D eigenvalue weighted by molar-refractivity contribution is 6.18. The van der Waals surface area contributed by atoms with Gasteiger partial charge in [0.25, 0.3) is 0 Å². The molecule has 0 spiro atoms. The molecule has 1 aliphatic carbocycles. The third kappa shape index (κ3) is 2.83. The molecule has 0 amide bonds. The Morgan fingerprint density at radius 1 is 1.21 bits per heavy atom. The van der Waals surface area contributed by atoms with Gasteiger partial charge in [0.1, 0.15) is 0 Å². The summed E-state index contributed by atoms with van der Waals surface area (Å²) >= 11 is 5.57. The monoisotopic (exact) mass is 218 g/mol. The molecule has 2 rings (SSSR count). The molecule has 1 atom stereocenters. The van der Waals surface area contributed by atoms with Gasteiger partial charge in [-0.15, -0.1) is 11.6 Å². The van der Waals surface area contributed by atoms with E-state index >= 15 is 0 Å². The molecule has 0 aromatic carbocycles. The minimum atomic E-state index is -0.357. The number of β-amino-alcohol motifs (C(OH)–C–C–N with tert-alkyl or cyclic N) is 1. The third-order valence-corrected chi connectivity index (χ3v) is 3.47. The third-order valence-electron chi connectivity index (χ3n) is 3.12. The number of rotatable bonds is 4. The van der Waals surface area contributed by atoms with E-state index in [-0.39, 0.29) is 6.10 Å². The summed E-state index contributed by atoms with van der Waals surface area (Å²) in [7, 11) is 0. The van der Waals surface area contributed by atoms with E-state index in [0.29, 0.717) is 5.88 Å². The van der Waals surface area contributed by atoms with Crippen LogP contribution in [0.3, 0.4) is 0 Å². The lowest BCUT2D eigenvalue weighted by Gasteiger charge is -2.35. The largest absolute Gasteiger partial charge is 0.391 e. The Morgan fingerprint density at radius 2 is 1.86 bits per heavy atom. The standard InChI is InChI=1S/C10H19ClN2O/c11-7-10(14)8-12-3-5-13(6-4-12)9-1-2-9/h9-10,14H,1-8H2. The Balaban J connectivity index is 1.67. The summed E-state index contributed by atoms with van der Waals surface area (Å²) in [6.45, 7) is 5.25. The fourth-order valence-electron chi connectivity index (χ4n) is 2.10. The lowest BCUT2D eigenvalue weighted by molar-refractivity contribution is 0.0792. The molecule has 1 heterocycles. The average Bonchev–Trinajstić information content (AvgIpc) is 3.02. The zero-order chi connectivity index (χ0) is 9.97. The first-order valence-electron chi connectivity index (χ1n) is 5.50. The number of aliphatic hydroxyl groups is 1. The molecular weight excluding hydrogens is 200 g/mol. The van der Waals surface area contributed by atoms with Gasteiger partial charge in [0, 0.05) is 44.6 Å². The Morgan fingerprint density at radius 3 is 2.36 bits per heavy atom. The summed E-state index contributed by atoms with van der Waals surface area (Å²) in [6.07, 6.45) is 2.43. The van der Waals surface area contributed by atoms with Crippen molar-refractivity contribution in [2.75, 3.05) is 38.6 Å². The smallest absolute Gasteiger partial charge is 0.0802 e. The first kappa shape index (κ1) is 10.7. The fourth-order valence-corrected chi connectivity index (χ4v) is 2.20. The maximum Gasteiger partial charge on any atom is 0.0802 e. The molecule has 4 heteroatoms. The highest BCUT2D eigenvalue weighted by atomic mass is 35.5. The lowest BCUT2D eigenvalue weighted by atomic mass is 10.2. The van der Waals surface area contributed by atoms with Crippen LogP contribution in [0.1, 0.15) is 12.8 Å². The predicted molar refractivity (Wildman–Crippen MR) is 57.8 cm³/mol. The van der Waals surface area contributed by atoms with E-state index in [0.717, 1.165) is 25.7 Å². The van der Waals surface area contributed by atoms with Crippen molar-refractivity contribution in [3.63, 3.8) is 0 Å². The van der Waals surface area contributed by atoms with Crippen molar-refractivity contribution in [1.29, 1.82) is 0 Å². The van der Waals surface area contributed by atoms with Crippen LogP contribution in [0.15, 0.2) is 0 Å². The number of hydrogen-bond acceptors (Lipinski definition) is 3. The molecule has 0 bridgehead atoms. The van der Waals surface area contributed by atoms with E-state index in [1.165, 1.54) is 25.9 Å². The maximum atomic E-state index is 9.41. The van der Waals surface area contributed by atoms with Crippen LogP contribution in [0.25, 0.3) is 0 Å². The van der Waals surface area contributed by atoms with Gasteiger partial charge >= 0.3 is 0 Å². The molecule has 82 valence electrons. The molecule has 1 saturated heterocycles. The Bertz CT molecular complexity index is 179. The summed E-state index contributed by atoms with van der Waals surface area (Å²) in [6, 6.07) is 0.884. The molecule has 0 aromatic rings. The summed E-state index contributed by atoms with van der Waals surface area (Å²) < 4.78 is 0. The maximum absolute atomic E-state index is 9.41. The van der Waals surface area contributed by atoms with E-state index in [4.69, 9.17) is 11.6 Å². The Kier molecular flexibility index (Phi) is 3.66. The van der Waals surface area contributed by atoms with Gasteiger partial charge in [-0.1, -0.05) is 0 Å². The van der Waals surface area contributed by atoms with Crippen LogP contribution in [0.4, 0.5) is 0 Å². The molecule has 2 fully saturated rings. The number of piperazine rings is 1. The highest BCUT2D eigenvalue weighted by Crippen LogP contribution is 2.27. The number of hydrogen-bond donors (Lipinski definition) is 1. The first-order chi connectivity index (χ1) is 6.79. The van der Waals surface area contributed by atoms with E-state index in [1.54, 1.807) is 0 Å². The normalized spacial score (nSPS) is 27.9. The number of aliphatic hydroxyl groups excluding tert-OH is 1. The van der Waals surface area contributed by atoms with Crippen molar-refractivity contribution in [3.8, 4) is 0 Å². The topological polar surface area (TPSA) is 26.7 Å². The second kappa shape index (κ2) is 4.79. The van der Waals surface area contributed by atoms with Gasteiger partial charge in [-0.05, 0) is 12.8 Å². The van der Waals surface area contributed by atoms with E-state index < -0.39 is 0 Å². The summed E-state index contributed by atoms with van der Waals surface area (Å²) in [4.78, 5) is 4.88. The molecule has 3 nitrogen and oxygen atoms in total. The van der Waals surface area contributed by atoms with Crippen LogP contribution in [-0.2, 0) is 0 Å². The molecule has 2 aliphatic rings.